The van der Waals surface area contributed by atoms with Gasteiger partial charge in [0.2, 0.25) is 0 Å². The summed E-state index contributed by atoms with van der Waals surface area (Å²) in [6.07, 6.45) is 1.00. The number of amides is 1. The van der Waals surface area contributed by atoms with Gasteiger partial charge in [-0.15, -0.1) is 0 Å². The van der Waals surface area contributed by atoms with Crippen molar-refractivity contribution < 1.29 is 4.79 Å². The zero-order valence-electron chi connectivity index (χ0n) is 8.95. The molecule has 3 heteroatoms. The van der Waals surface area contributed by atoms with Crippen molar-refractivity contribution in [2.75, 3.05) is 5.32 Å². The molecule has 0 aliphatic carbocycles. The Labute approximate surface area is 95.8 Å². The van der Waals surface area contributed by atoms with Crippen LogP contribution in [0.25, 0.3) is 0 Å². The molecule has 0 aromatic heterocycles. The average molecular weight is 221 g/mol. The topological polar surface area (TPSA) is 29.1 Å². The summed E-state index contributed by atoms with van der Waals surface area (Å²) in [6.45, 7) is 3.82. The standard InChI is InChI=1S/C12H15NOS/c1-3-10-4-6-11(7-5-10)13-12(14)9(2)8-15/h4-8,15H,3H2,1-2H3,(H,13,14)/b9-8+. The molecule has 0 atom stereocenters. The molecule has 15 heavy (non-hydrogen) atoms. The predicted molar refractivity (Wildman–Crippen MR) is 67.2 cm³/mol. The van der Waals surface area contributed by atoms with E-state index in [0.717, 1.165) is 12.1 Å². The number of anilines is 1. The highest BCUT2D eigenvalue weighted by atomic mass is 32.1. The van der Waals surface area contributed by atoms with Crippen LogP contribution in [-0.4, -0.2) is 5.91 Å². The van der Waals surface area contributed by atoms with Gasteiger partial charge in [-0.1, -0.05) is 19.1 Å². The summed E-state index contributed by atoms with van der Waals surface area (Å²) >= 11 is 3.93. The summed E-state index contributed by atoms with van der Waals surface area (Å²) in [4.78, 5) is 11.5. The summed E-state index contributed by atoms with van der Waals surface area (Å²) < 4.78 is 0. The zero-order valence-corrected chi connectivity index (χ0v) is 9.84. The van der Waals surface area contributed by atoms with Crippen LogP contribution < -0.4 is 5.32 Å². The first-order valence-corrected chi connectivity index (χ1v) is 5.40. The summed E-state index contributed by atoms with van der Waals surface area (Å²) in [5, 5.41) is 4.28. The Kier molecular flexibility index (Phi) is 4.43. The van der Waals surface area contributed by atoms with Crippen LogP contribution >= 0.6 is 12.6 Å². The SMILES string of the molecule is CCc1ccc(NC(=O)/C(C)=C/S)cc1. The lowest BCUT2D eigenvalue weighted by molar-refractivity contribution is -0.112. The lowest BCUT2D eigenvalue weighted by Crippen LogP contribution is -2.12. The van der Waals surface area contributed by atoms with Gasteiger partial charge >= 0.3 is 0 Å². The van der Waals surface area contributed by atoms with Crippen LogP contribution in [0.3, 0.4) is 0 Å². The second-order valence-corrected chi connectivity index (χ2v) is 3.57. The maximum atomic E-state index is 11.5. The summed E-state index contributed by atoms with van der Waals surface area (Å²) in [7, 11) is 0. The van der Waals surface area contributed by atoms with E-state index in [-0.39, 0.29) is 5.91 Å². The molecule has 0 fully saturated rings. The van der Waals surface area contributed by atoms with Gasteiger partial charge in [0.1, 0.15) is 0 Å². The maximum absolute atomic E-state index is 11.5. The van der Waals surface area contributed by atoms with Gasteiger partial charge in [-0.25, -0.2) is 0 Å². The fraction of sp³-hybridized carbons (Fsp3) is 0.250. The fourth-order valence-corrected chi connectivity index (χ4v) is 1.23. The van der Waals surface area contributed by atoms with Gasteiger partial charge in [0.15, 0.2) is 0 Å². The van der Waals surface area contributed by atoms with Gasteiger partial charge in [0.25, 0.3) is 5.91 Å². The highest BCUT2D eigenvalue weighted by Crippen LogP contribution is 2.11. The maximum Gasteiger partial charge on any atom is 0.251 e. The monoisotopic (exact) mass is 221 g/mol. The third-order valence-corrected chi connectivity index (χ3v) is 2.56. The summed E-state index contributed by atoms with van der Waals surface area (Å²) in [6, 6.07) is 7.83. The number of aryl methyl sites for hydroxylation is 1. The van der Waals surface area contributed by atoms with Gasteiger partial charge in [0.05, 0.1) is 0 Å². The second kappa shape index (κ2) is 5.61. The van der Waals surface area contributed by atoms with E-state index in [0.29, 0.717) is 5.57 Å². The molecular formula is C12H15NOS. The molecule has 1 rings (SSSR count). The minimum Gasteiger partial charge on any atom is -0.322 e. The molecule has 1 amide bonds. The van der Waals surface area contributed by atoms with E-state index in [1.165, 1.54) is 11.0 Å². The normalized spacial score (nSPS) is 11.3. The molecule has 2 nitrogen and oxygen atoms in total. The Balaban J connectivity index is 2.69. The van der Waals surface area contributed by atoms with Crippen LogP contribution in [-0.2, 0) is 11.2 Å². The molecule has 0 heterocycles. The Morgan fingerprint density at radius 2 is 2.00 bits per heavy atom. The molecule has 0 aliphatic rings. The Hall–Kier alpha value is -1.22. The summed E-state index contributed by atoms with van der Waals surface area (Å²) in [5.41, 5.74) is 2.67. The van der Waals surface area contributed by atoms with Crippen LogP contribution in [0.5, 0.6) is 0 Å². The number of thiol groups is 1. The van der Waals surface area contributed by atoms with Crippen molar-refractivity contribution in [3.05, 3.63) is 40.8 Å². The van der Waals surface area contributed by atoms with Crippen LogP contribution in [0.1, 0.15) is 19.4 Å². The first-order valence-electron chi connectivity index (χ1n) is 4.88. The van der Waals surface area contributed by atoms with Crippen molar-refractivity contribution in [2.24, 2.45) is 0 Å². The van der Waals surface area contributed by atoms with Crippen molar-refractivity contribution in [2.45, 2.75) is 20.3 Å². The molecule has 0 saturated carbocycles. The molecular weight excluding hydrogens is 206 g/mol. The molecule has 0 saturated heterocycles. The van der Waals surface area contributed by atoms with Crippen molar-refractivity contribution in [3.8, 4) is 0 Å². The molecule has 1 N–H and O–H groups in total. The molecule has 0 unspecified atom stereocenters. The first kappa shape index (κ1) is 11.9. The van der Waals surface area contributed by atoms with Gasteiger partial charge in [0, 0.05) is 11.3 Å². The zero-order chi connectivity index (χ0) is 11.3. The minimum atomic E-state index is -0.116. The van der Waals surface area contributed by atoms with Crippen molar-refractivity contribution >= 4 is 24.2 Å². The number of carbonyl (C=O) groups is 1. The van der Waals surface area contributed by atoms with Crippen molar-refractivity contribution in [3.63, 3.8) is 0 Å². The number of hydrogen-bond acceptors (Lipinski definition) is 2. The molecule has 0 radical (unpaired) electrons. The van der Waals surface area contributed by atoms with E-state index in [2.05, 4.69) is 24.9 Å². The number of nitrogens with one attached hydrogen (secondary N) is 1. The van der Waals surface area contributed by atoms with E-state index in [4.69, 9.17) is 0 Å². The molecule has 0 spiro atoms. The second-order valence-electron chi connectivity index (χ2n) is 3.32. The number of benzene rings is 1. The van der Waals surface area contributed by atoms with Crippen LogP contribution in [0.2, 0.25) is 0 Å². The van der Waals surface area contributed by atoms with E-state index < -0.39 is 0 Å². The first-order chi connectivity index (χ1) is 7.17. The number of rotatable bonds is 3. The van der Waals surface area contributed by atoms with Crippen molar-refractivity contribution in [1.29, 1.82) is 0 Å². The number of hydrogen-bond donors (Lipinski definition) is 2. The highest BCUT2D eigenvalue weighted by molar-refractivity contribution is 7.83. The van der Waals surface area contributed by atoms with Crippen LogP contribution in [0.15, 0.2) is 35.2 Å². The third kappa shape index (κ3) is 3.44. The minimum absolute atomic E-state index is 0.116. The van der Waals surface area contributed by atoms with Gasteiger partial charge in [-0.2, -0.15) is 12.6 Å². The van der Waals surface area contributed by atoms with Gasteiger partial charge in [-0.05, 0) is 36.4 Å². The van der Waals surface area contributed by atoms with E-state index in [1.807, 2.05) is 24.3 Å². The largest absolute Gasteiger partial charge is 0.322 e. The molecule has 1 aromatic carbocycles. The van der Waals surface area contributed by atoms with E-state index >= 15 is 0 Å². The summed E-state index contributed by atoms with van der Waals surface area (Å²) in [5.74, 6) is -0.116. The van der Waals surface area contributed by atoms with Crippen LogP contribution in [0.4, 0.5) is 5.69 Å². The molecule has 80 valence electrons. The third-order valence-electron chi connectivity index (χ3n) is 2.17. The van der Waals surface area contributed by atoms with E-state index in [9.17, 15) is 4.79 Å². The highest BCUT2D eigenvalue weighted by Gasteiger charge is 2.03. The predicted octanol–water partition coefficient (Wildman–Crippen LogP) is 3.02. The lowest BCUT2D eigenvalue weighted by Gasteiger charge is -2.05. The Bertz CT molecular complexity index is 368. The smallest absolute Gasteiger partial charge is 0.251 e. The molecule has 1 aromatic rings. The lowest BCUT2D eigenvalue weighted by atomic mass is 10.1. The van der Waals surface area contributed by atoms with Crippen molar-refractivity contribution in [1.82, 2.24) is 0 Å². The van der Waals surface area contributed by atoms with E-state index in [1.54, 1.807) is 6.92 Å². The van der Waals surface area contributed by atoms with Gasteiger partial charge in [-0.3, -0.25) is 4.79 Å². The number of carbonyl (C=O) groups excluding carboxylic acids is 1. The fourth-order valence-electron chi connectivity index (χ4n) is 1.11. The quantitative estimate of drug-likeness (QED) is 0.596. The molecule has 0 aliphatic heterocycles. The van der Waals surface area contributed by atoms with Crippen LogP contribution in [0, 0.1) is 0 Å². The Morgan fingerprint density at radius 1 is 1.40 bits per heavy atom. The Morgan fingerprint density at radius 3 is 2.47 bits per heavy atom. The average Bonchev–Trinajstić information content (AvgIpc) is 2.29. The molecule has 0 bridgehead atoms. The van der Waals surface area contributed by atoms with Gasteiger partial charge < -0.3 is 5.32 Å².